The molecule has 0 unspecified atom stereocenters. The first kappa shape index (κ1) is 27.2. The summed E-state index contributed by atoms with van der Waals surface area (Å²) in [6.45, 7) is 7.14. The fourth-order valence-electron chi connectivity index (χ4n) is 2.12. The number of carbonyl (C=O) groups is 1. The number of benzene rings is 1. The van der Waals surface area contributed by atoms with Gasteiger partial charge in [0.15, 0.2) is 0 Å². The van der Waals surface area contributed by atoms with Gasteiger partial charge in [-0.05, 0) is 24.3 Å². The highest BCUT2D eigenvalue weighted by atomic mass is 127. The van der Waals surface area contributed by atoms with Crippen molar-refractivity contribution >= 4 is 28.9 Å². The molecule has 1 aromatic rings. The van der Waals surface area contributed by atoms with Crippen LogP contribution >= 0.6 is 22.6 Å². The molecule has 0 atom stereocenters. The fourth-order valence-corrected chi connectivity index (χ4v) is 2.43. The van der Waals surface area contributed by atoms with E-state index in [9.17, 15) is 4.79 Å². The van der Waals surface area contributed by atoms with Gasteiger partial charge in [-0.3, -0.25) is 4.79 Å². The van der Waals surface area contributed by atoms with Crippen molar-refractivity contribution in [3.05, 3.63) is 29.8 Å². The smallest absolute Gasteiger partial charge is 0.150 e. The van der Waals surface area contributed by atoms with Crippen LogP contribution in [0, 0.1) is 0 Å². The molecule has 0 amide bonds. The molecule has 1 aromatic carbocycles. The van der Waals surface area contributed by atoms with Gasteiger partial charge in [0.25, 0.3) is 0 Å². The van der Waals surface area contributed by atoms with Gasteiger partial charge in [-0.15, -0.1) is 0 Å². The molecule has 0 saturated heterocycles. The van der Waals surface area contributed by atoms with Crippen LogP contribution in [0.3, 0.4) is 0 Å². The van der Waals surface area contributed by atoms with Gasteiger partial charge >= 0.3 is 0 Å². The van der Waals surface area contributed by atoms with E-state index in [-0.39, 0.29) is 0 Å². The molecule has 0 aliphatic carbocycles. The van der Waals surface area contributed by atoms with E-state index >= 15 is 0 Å². The summed E-state index contributed by atoms with van der Waals surface area (Å²) in [5, 5.41) is 0. The van der Waals surface area contributed by atoms with E-state index in [0.717, 1.165) is 17.3 Å². The average Bonchev–Trinajstić information content (AvgIpc) is 2.78. The summed E-state index contributed by atoms with van der Waals surface area (Å²) in [4.78, 5) is 10.6. The topological polar surface area (TPSA) is 81.7 Å². The Balaban J connectivity index is 1.72. The molecular weight excluding hydrogens is 507 g/mol. The van der Waals surface area contributed by atoms with Gasteiger partial charge in [-0.2, -0.15) is 0 Å². The summed E-state index contributed by atoms with van der Waals surface area (Å²) in [5.41, 5.74) is 0.626. The second kappa shape index (κ2) is 21.4. The molecule has 0 radical (unpaired) electrons. The third kappa shape index (κ3) is 16.9. The number of hydrogen-bond donors (Lipinski definition) is 0. The zero-order chi connectivity index (χ0) is 21.5. The molecule has 0 fully saturated rings. The van der Waals surface area contributed by atoms with Crippen molar-refractivity contribution in [1.29, 1.82) is 0 Å². The Kier molecular flexibility index (Phi) is 19.4. The number of alkyl halides is 1. The van der Waals surface area contributed by atoms with Gasteiger partial charge in [-0.1, -0.05) is 22.6 Å². The summed E-state index contributed by atoms with van der Waals surface area (Å²) in [6, 6.07) is 6.95. The number of aldehydes is 1. The number of halogens is 1. The van der Waals surface area contributed by atoms with E-state index in [0.29, 0.717) is 90.6 Å². The summed E-state index contributed by atoms with van der Waals surface area (Å²) < 4.78 is 38.9. The highest BCUT2D eigenvalue weighted by molar-refractivity contribution is 14.1. The Morgan fingerprint density at radius 3 is 1.30 bits per heavy atom. The summed E-state index contributed by atoms with van der Waals surface area (Å²) in [7, 11) is 0. The molecule has 0 N–H and O–H groups in total. The first-order chi connectivity index (χ1) is 14.9. The van der Waals surface area contributed by atoms with Gasteiger partial charge in [0, 0.05) is 9.99 Å². The third-order valence-electron chi connectivity index (χ3n) is 3.59. The normalized spacial score (nSPS) is 11.0. The Morgan fingerprint density at radius 1 is 0.567 bits per heavy atom. The summed E-state index contributed by atoms with van der Waals surface area (Å²) in [6.07, 6.45) is 0.801. The summed E-state index contributed by atoms with van der Waals surface area (Å²) in [5.74, 6) is 0.714. The van der Waals surface area contributed by atoms with Crippen LogP contribution in [-0.2, 0) is 28.4 Å². The second-order valence-corrected chi connectivity index (χ2v) is 6.98. The first-order valence-corrected chi connectivity index (χ1v) is 11.6. The molecular formula is C21H33IO8. The van der Waals surface area contributed by atoms with Crippen LogP contribution < -0.4 is 4.74 Å². The second-order valence-electron chi connectivity index (χ2n) is 5.90. The zero-order valence-electron chi connectivity index (χ0n) is 17.4. The van der Waals surface area contributed by atoms with Crippen LogP contribution in [-0.4, -0.2) is 96.6 Å². The minimum atomic E-state index is 0.445. The molecule has 0 aliphatic heterocycles. The lowest BCUT2D eigenvalue weighted by Gasteiger charge is -2.09. The predicted molar refractivity (Wildman–Crippen MR) is 121 cm³/mol. The lowest BCUT2D eigenvalue weighted by atomic mass is 10.2. The van der Waals surface area contributed by atoms with Crippen molar-refractivity contribution < 1.29 is 38.0 Å². The van der Waals surface area contributed by atoms with Crippen molar-refractivity contribution in [3.63, 3.8) is 0 Å². The Bertz CT molecular complexity index is 500. The lowest BCUT2D eigenvalue weighted by molar-refractivity contribution is -0.0171. The van der Waals surface area contributed by atoms with E-state index in [4.69, 9.17) is 33.2 Å². The highest BCUT2D eigenvalue weighted by Crippen LogP contribution is 2.10. The van der Waals surface area contributed by atoms with Crippen molar-refractivity contribution in [2.24, 2.45) is 0 Å². The van der Waals surface area contributed by atoms with Crippen molar-refractivity contribution in [2.75, 3.05) is 90.3 Å². The third-order valence-corrected chi connectivity index (χ3v) is 4.03. The molecule has 0 aliphatic rings. The molecule has 30 heavy (non-hydrogen) atoms. The molecule has 0 spiro atoms. The SMILES string of the molecule is O=Cc1ccc(OCCOCCOCCOCCOCCOCCOCCI)cc1. The highest BCUT2D eigenvalue weighted by Gasteiger charge is 1.96. The van der Waals surface area contributed by atoms with E-state index in [1.165, 1.54) is 0 Å². The average molecular weight is 540 g/mol. The first-order valence-electron chi connectivity index (χ1n) is 10.1. The number of ether oxygens (including phenoxy) is 7. The monoisotopic (exact) mass is 540 g/mol. The Hall–Kier alpha value is -0.820. The van der Waals surface area contributed by atoms with Crippen molar-refractivity contribution in [1.82, 2.24) is 0 Å². The van der Waals surface area contributed by atoms with Crippen LogP contribution in [0.1, 0.15) is 10.4 Å². The molecule has 172 valence electrons. The van der Waals surface area contributed by atoms with Crippen LogP contribution in [0.25, 0.3) is 0 Å². The quantitative estimate of drug-likeness (QED) is 0.0961. The molecule has 0 heterocycles. The maximum Gasteiger partial charge on any atom is 0.150 e. The molecule has 0 aromatic heterocycles. The molecule has 0 saturated carbocycles. The number of rotatable bonds is 22. The molecule has 0 bridgehead atoms. The van der Waals surface area contributed by atoms with Crippen LogP contribution in [0.4, 0.5) is 0 Å². The maximum absolute atomic E-state index is 10.6. The van der Waals surface area contributed by atoms with Crippen molar-refractivity contribution in [3.8, 4) is 5.75 Å². The standard InChI is InChI=1S/C21H33IO8/c22-5-6-24-7-8-25-9-10-26-11-12-27-13-14-28-15-16-29-17-18-30-21-3-1-20(19-23)2-4-21/h1-4,19H,5-18H2. The Morgan fingerprint density at radius 2 is 0.933 bits per heavy atom. The number of carbonyl (C=O) groups excluding carboxylic acids is 1. The van der Waals surface area contributed by atoms with Gasteiger partial charge < -0.3 is 33.2 Å². The number of hydrogen-bond acceptors (Lipinski definition) is 8. The van der Waals surface area contributed by atoms with Gasteiger partial charge in [-0.25, -0.2) is 0 Å². The van der Waals surface area contributed by atoms with Crippen molar-refractivity contribution in [2.45, 2.75) is 0 Å². The van der Waals surface area contributed by atoms with Crippen LogP contribution in [0.2, 0.25) is 0 Å². The molecule has 9 heteroatoms. The van der Waals surface area contributed by atoms with E-state index in [1.54, 1.807) is 24.3 Å². The molecule has 1 rings (SSSR count). The zero-order valence-corrected chi connectivity index (χ0v) is 19.6. The lowest BCUT2D eigenvalue weighted by Crippen LogP contribution is -2.14. The van der Waals surface area contributed by atoms with E-state index in [1.807, 2.05) is 0 Å². The van der Waals surface area contributed by atoms with Crippen LogP contribution in [0.5, 0.6) is 5.75 Å². The minimum absolute atomic E-state index is 0.445. The van der Waals surface area contributed by atoms with Gasteiger partial charge in [0.1, 0.15) is 18.6 Å². The van der Waals surface area contributed by atoms with Gasteiger partial charge in [0.2, 0.25) is 0 Å². The Labute approximate surface area is 192 Å². The van der Waals surface area contributed by atoms with E-state index in [2.05, 4.69) is 22.6 Å². The predicted octanol–water partition coefficient (Wildman–Crippen LogP) is 2.41. The van der Waals surface area contributed by atoms with Gasteiger partial charge in [0.05, 0.1) is 79.3 Å². The van der Waals surface area contributed by atoms with Crippen LogP contribution in [0.15, 0.2) is 24.3 Å². The largest absolute Gasteiger partial charge is 0.491 e. The molecule has 8 nitrogen and oxygen atoms in total. The summed E-state index contributed by atoms with van der Waals surface area (Å²) >= 11 is 2.27. The van der Waals surface area contributed by atoms with E-state index < -0.39 is 0 Å². The minimum Gasteiger partial charge on any atom is -0.491 e. The fraction of sp³-hybridized carbons (Fsp3) is 0.667. The maximum atomic E-state index is 10.6.